The van der Waals surface area contributed by atoms with Gasteiger partial charge in [0.15, 0.2) is 0 Å². The summed E-state index contributed by atoms with van der Waals surface area (Å²) in [6.07, 6.45) is 0. The maximum Gasteiger partial charge on any atom is 0.343 e. The molecule has 0 amide bonds. The van der Waals surface area contributed by atoms with Crippen LogP contribution in [0.4, 0.5) is 0 Å². The molecule has 2 aromatic rings. The van der Waals surface area contributed by atoms with Crippen molar-refractivity contribution in [3.63, 3.8) is 0 Å². The number of ether oxygens (including phenoxy) is 1. The summed E-state index contributed by atoms with van der Waals surface area (Å²) in [5, 5.41) is 13.8. The lowest BCUT2D eigenvalue weighted by Gasteiger charge is -2.08. The molecule has 0 bridgehead atoms. The quantitative estimate of drug-likeness (QED) is 0.927. The van der Waals surface area contributed by atoms with Crippen molar-refractivity contribution >= 4 is 17.6 Å². The van der Waals surface area contributed by atoms with Gasteiger partial charge in [0.1, 0.15) is 5.56 Å². The molecule has 1 N–H and O–H groups in total. The fourth-order valence-electron chi connectivity index (χ4n) is 1.73. The molecule has 2 rings (SSSR count). The molecule has 0 unspecified atom stereocenters. The molecule has 6 heteroatoms. The first-order valence-corrected chi connectivity index (χ1v) is 5.56. The van der Waals surface area contributed by atoms with E-state index in [1.54, 1.807) is 31.2 Å². The SMILES string of the molecule is COc1c(C(=O)O)c(C)nn1-c1ccccc1Cl. The van der Waals surface area contributed by atoms with Crippen LogP contribution in [0.15, 0.2) is 24.3 Å². The van der Waals surface area contributed by atoms with Gasteiger partial charge in [0.05, 0.1) is 23.5 Å². The van der Waals surface area contributed by atoms with E-state index < -0.39 is 5.97 Å². The predicted octanol–water partition coefficient (Wildman–Crippen LogP) is 2.54. The van der Waals surface area contributed by atoms with Crippen LogP contribution in [0.5, 0.6) is 5.88 Å². The Hall–Kier alpha value is -2.01. The normalized spacial score (nSPS) is 10.4. The summed E-state index contributed by atoms with van der Waals surface area (Å²) >= 11 is 6.07. The molecule has 94 valence electrons. The van der Waals surface area contributed by atoms with Crippen LogP contribution in [0.2, 0.25) is 5.02 Å². The van der Waals surface area contributed by atoms with E-state index in [1.807, 2.05) is 0 Å². The van der Waals surface area contributed by atoms with Crippen molar-refractivity contribution < 1.29 is 14.6 Å². The lowest BCUT2D eigenvalue weighted by atomic mass is 10.2. The highest BCUT2D eigenvalue weighted by Crippen LogP contribution is 2.29. The largest absolute Gasteiger partial charge is 0.480 e. The van der Waals surface area contributed by atoms with Crippen LogP contribution in [0, 0.1) is 6.92 Å². The summed E-state index contributed by atoms with van der Waals surface area (Å²) in [7, 11) is 1.40. The highest BCUT2D eigenvalue weighted by atomic mass is 35.5. The van der Waals surface area contributed by atoms with Crippen LogP contribution >= 0.6 is 11.6 Å². The van der Waals surface area contributed by atoms with E-state index in [0.29, 0.717) is 16.4 Å². The Balaban J connectivity index is 2.70. The Morgan fingerprint density at radius 1 is 1.44 bits per heavy atom. The zero-order chi connectivity index (χ0) is 13.3. The molecule has 0 spiro atoms. The number of para-hydroxylation sites is 1. The minimum atomic E-state index is -1.08. The third kappa shape index (κ3) is 1.93. The van der Waals surface area contributed by atoms with Crippen molar-refractivity contribution in [1.29, 1.82) is 0 Å². The van der Waals surface area contributed by atoms with Crippen molar-refractivity contribution in [1.82, 2.24) is 9.78 Å². The number of carbonyl (C=O) groups is 1. The molecular weight excluding hydrogens is 256 g/mol. The lowest BCUT2D eigenvalue weighted by Crippen LogP contribution is -2.03. The predicted molar refractivity (Wildman–Crippen MR) is 66.8 cm³/mol. The monoisotopic (exact) mass is 266 g/mol. The maximum absolute atomic E-state index is 11.2. The van der Waals surface area contributed by atoms with E-state index in [1.165, 1.54) is 11.8 Å². The number of carboxylic acids is 1. The second-order valence-corrected chi connectivity index (χ2v) is 4.05. The number of aryl methyl sites for hydroxylation is 1. The van der Waals surface area contributed by atoms with E-state index >= 15 is 0 Å². The fraction of sp³-hybridized carbons (Fsp3) is 0.167. The minimum absolute atomic E-state index is 0.0393. The van der Waals surface area contributed by atoms with Crippen LogP contribution in [-0.2, 0) is 0 Å². The molecule has 1 aromatic carbocycles. The Kier molecular flexibility index (Phi) is 3.25. The second-order valence-electron chi connectivity index (χ2n) is 3.64. The Labute approximate surface area is 109 Å². The summed E-state index contributed by atoms with van der Waals surface area (Å²) < 4.78 is 6.52. The smallest absolute Gasteiger partial charge is 0.343 e. The highest BCUT2D eigenvalue weighted by Gasteiger charge is 2.23. The molecular formula is C12H11ClN2O3. The average molecular weight is 267 g/mol. The highest BCUT2D eigenvalue weighted by molar-refractivity contribution is 6.32. The van der Waals surface area contributed by atoms with Gasteiger partial charge in [-0.25, -0.2) is 4.79 Å². The van der Waals surface area contributed by atoms with Gasteiger partial charge in [0.2, 0.25) is 5.88 Å². The molecule has 0 saturated carbocycles. The average Bonchev–Trinajstić information content (AvgIpc) is 2.66. The third-order valence-electron chi connectivity index (χ3n) is 2.51. The van der Waals surface area contributed by atoms with Gasteiger partial charge in [0.25, 0.3) is 0 Å². The Morgan fingerprint density at radius 2 is 2.11 bits per heavy atom. The molecule has 0 radical (unpaired) electrons. The van der Waals surface area contributed by atoms with Crippen molar-refractivity contribution in [2.75, 3.05) is 7.11 Å². The number of carboxylic acid groups (broad SMARTS) is 1. The molecule has 0 saturated heterocycles. The molecule has 1 aromatic heterocycles. The van der Waals surface area contributed by atoms with E-state index in [0.717, 1.165) is 0 Å². The van der Waals surface area contributed by atoms with Gasteiger partial charge in [-0.05, 0) is 19.1 Å². The number of hydrogen-bond donors (Lipinski definition) is 1. The van der Waals surface area contributed by atoms with Gasteiger partial charge in [-0.3, -0.25) is 0 Å². The van der Waals surface area contributed by atoms with E-state index in [2.05, 4.69) is 5.10 Å². The lowest BCUT2D eigenvalue weighted by molar-refractivity contribution is 0.0692. The van der Waals surface area contributed by atoms with Gasteiger partial charge in [0, 0.05) is 0 Å². The number of rotatable bonds is 3. The standard InChI is InChI=1S/C12H11ClN2O3/c1-7-10(12(16)17)11(18-2)15(14-7)9-6-4-3-5-8(9)13/h3-6H,1-2H3,(H,16,17). The molecule has 0 aliphatic rings. The molecule has 1 heterocycles. The number of benzene rings is 1. The summed E-state index contributed by atoms with van der Waals surface area (Å²) in [5.41, 5.74) is 0.989. The number of aromatic nitrogens is 2. The zero-order valence-electron chi connectivity index (χ0n) is 9.85. The van der Waals surface area contributed by atoms with Gasteiger partial charge in [-0.15, -0.1) is 0 Å². The van der Waals surface area contributed by atoms with Crippen LogP contribution in [0.25, 0.3) is 5.69 Å². The Morgan fingerprint density at radius 3 is 2.67 bits per heavy atom. The van der Waals surface area contributed by atoms with Crippen molar-refractivity contribution in [2.45, 2.75) is 6.92 Å². The fourth-order valence-corrected chi connectivity index (χ4v) is 1.94. The summed E-state index contributed by atoms with van der Waals surface area (Å²) in [6.45, 7) is 1.61. The number of hydrogen-bond acceptors (Lipinski definition) is 3. The van der Waals surface area contributed by atoms with Crippen LogP contribution < -0.4 is 4.74 Å². The third-order valence-corrected chi connectivity index (χ3v) is 2.83. The summed E-state index contributed by atoms with van der Waals surface area (Å²) in [5.74, 6) is -0.921. The maximum atomic E-state index is 11.2. The van der Waals surface area contributed by atoms with Crippen LogP contribution in [0.3, 0.4) is 0 Å². The van der Waals surface area contributed by atoms with Crippen LogP contribution in [0.1, 0.15) is 16.1 Å². The van der Waals surface area contributed by atoms with Crippen molar-refractivity contribution in [3.05, 3.63) is 40.5 Å². The van der Waals surface area contributed by atoms with Gasteiger partial charge >= 0.3 is 5.97 Å². The summed E-state index contributed by atoms with van der Waals surface area (Å²) in [6, 6.07) is 7.02. The molecule has 0 atom stereocenters. The Bertz CT molecular complexity index is 607. The number of nitrogens with zero attached hydrogens (tertiary/aromatic N) is 2. The first kappa shape index (κ1) is 12.4. The van der Waals surface area contributed by atoms with Crippen LogP contribution in [-0.4, -0.2) is 28.0 Å². The minimum Gasteiger partial charge on any atom is -0.480 e. The first-order valence-electron chi connectivity index (χ1n) is 5.18. The molecule has 0 fully saturated rings. The van der Waals surface area contributed by atoms with E-state index in [-0.39, 0.29) is 11.4 Å². The number of methoxy groups -OCH3 is 1. The molecule has 5 nitrogen and oxygen atoms in total. The number of halogens is 1. The van der Waals surface area contributed by atoms with E-state index in [9.17, 15) is 4.79 Å². The van der Waals surface area contributed by atoms with Gasteiger partial charge in [-0.1, -0.05) is 23.7 Å². The van der Waals surface area contributed by atoms with Gasteiger partial charge < -0.3 is 9.84 Å². The molecule has 0 aliphatic carbocycles. The van der Waals surface area contributed by atoms with E-state index in [4.69, 9.17) is 21.4 Å². The van der Waals surface area contributed by atoms with Crippen molar-refractivity contribution in [2.24, 2.45) is 0 Å². The topological polar surface area (TPSA) is 64.3 Å². The summed E-state index contributed by atoms with van der Waals surface area (Å²) in [4.78, 5) is 11.2. The van der Waals surface area contributed by atoms with Crippen molar-refractivity contribution in [3.8, 4) is 11.6 Å². The zero-order valence-corrected chi connectivity index (χ0v) is 10.6. The first-order chi connectivity index (χ1) is 8.56. The molecule has 0 aliphatic heterocycles. The second kappa shape index (κ2) is 4.70. The van der Waals surface area contributed by atoms with Gasteiger partial charge in [-0.2, -0.15) is 9.78 Å². The number of aromatic carboxylic acids is 1. The molecule has 18 heavy (non-hydrogen) atoms.